The normalized spacial score (nSPS) is 14.5. The number of pyridine rings is 1. The highest BCUT2D eigenvalue weighted by Gasteiger charge is 2.22. The molecule has 0 atom stereocenters. The quantitative estimate of drug-likeness (QED) is 0.567. The number of carbonyl (C=O) groups is 1. The van der Waals surface area contributed by atoms with E-state index in [0.29, 0.717) is 37.8 Å². The maximum absolute atomic E-state index is 12.9. The molecule has 4 rings (SSSR count). The molecule has 3 heterocycles. The van der Waals surface area contributed by atoms with Crippen molar-refractivity contribution in [2.24, 2.45) is 0 Å². The van der Waals surface area contributed by atoms with Crippen LogP contribution in [-0.4, -0.2) is 51.1 Å². The fourth-order valence-electron chi connectivity index (χ4n) is 4.05. The summed E-state index contributed by atoms with van der Waals surface area (Å²) in [5, 5.41) is 0.471. The molecule has 0 radical (unpaired) electrons. The van der Waals surface area contributed by atoms with Gasteiger partial charge >= 0.3 is 5.69 Å². The number of aryl methyl sites for hydroxylation is 2. The standard InChI is InChI=1S/C22H26ClN5O2/c1-2-11-27-17-6-3-4-7-18(17)28(22(27)30)12-10-21(29)26-15-13-25(14-16-26)20-9-5-8-19(23)24-20/h3-9H,2,10-16H2,1H3. The molecule has 1 fully saturated rings. The molecule has 7 nitrogen and oxygen atoms in total. The van der Waals surface area contributed by atoms with Crippen molar-refractivity contribution in [2.45, 2.75) is 32.9 Å². The van der Waals surface area contributed by atoms with Crippen LogP contribution in [0, 0.1) is 0 Å². The molecule has 1 aliphatic heterocycles. The number of benzene rings is 1. The molecule has 2 aromatic heterocycles. The zero-order valence-corrected chi connectivity index (χ0v) is 17.9. The van der Waals surface area contributed by atoms with Crippen LogP contribution in [0.1, 0.15) is 19.8 Å². The number of rotatable bonds is 6. The summed E-state index contributed by atoms with van der Waals surface area (Å²) in [7, 11) is 0. The van der Waals surface area contributed by atoms with E-state index in [1.54, 1.807) is 15.2 Å². The molecule has 1 amide bonds. The number of carbonyl (C=O) groups excluding carboxylic acids is 1. The minimum absolute atomic E-state index is 0.0392. The summed E-state index contributed by atoms with van der Waals surface area (Å²) in [5.41, 5.74) is 1.78. The van der Waals surface area contributed by atoms with Gasteiger partial charge in [0.25, 0.3) is 0 Å². The third-order valence-corrected chi connectivity index (χ3v) is 5.79. The lowest BCUT2D eigenvalue weighted by molar-refractivity contribution is -0.131. The molecule has 0 spiro atoms. The highest BCUT2D eigenvalue weighted by molar-refractivity contribution is 6.29. The zero-order chi connectivity index (χ0) is 21.1. The maximum atomic E-state index is 12.9. The van der Waals surface area contributed by atoms with E-state index in [1.165, 1.54) is 0 Å². The highest BCUT2D eigenvalue weighted by Crippen LogP contribution is 2.17. The molecule has 0 N–H and O–H groups in total. The Morgan fingerprint density at radius 3 is 2.27 bits per heavy atom. The van der Waals surface area contributed by atoms with Crippen molar-refractivity contribution in [3.8, 4) is 0 Å². The number of halogens is 1. The number of hydrogen-bond acceptors (Lipinski definition) is 4. The number of anilines is 1. The Morgan fingerprint density at radius 1 is 0.967 bits per heavy atom. The number of fused-ring (bicyclic) bond motifs is 1. The molecule has 1 aromatic carbocycles. The predicted octanol–water partition coefficient (Wildman–Crippen LogP) is 3.00. The van der Waals surface area contributed by atoms with Gasteiger partial charge in [0.2, 0.25) is 5.91 Å². The fraction of sp³-hybridized carbons (Fsp3) is 0.409. The van der Waals surface area contributed by atoms with E-state index in [1.807, 2.05) is 41.3 Å². The average Bonchev–Trinajstić information content (AvgIpc) is 3.03. The van der Waals surface area contributed by atoms with Crippen molar-refractivity contribution in [3.05, 3.63) is 58.1 Å². The number of para-hydroxylation sites is 2. The molecule has 0 bridgehead atoms. The van der Waals surface area contributed by atoms with Gasteiger partial charge in [-0.15, -0.1) is 0 Å². The summed E-state index contributed by atoms with van der Waals surface area (Å²) < 4.78 is 3.53. The van der Waals surface area contributed by atoms with Crippen LogP contribution < -0.4 is 10.6 Å². The molecule has 3 aromatic rings. The third kappa shape index (κ3) is 4.07. The molecule has 1 aliphatic rings. The van der Waals surface area contributed by atoms with Gasteiger partial charge in [-0.3, -0.25) is 13.9 Å². The van der Waals surface area contributed by atoms with Crippen molar-refractivity contribution in [2.75, 3.05) is 31.1 Å². The van der Waals surface area contributed by atoms with Crippen LogP contribution in [0.3, 0.4) is 0 Å². The van der Waals surface area contributed by atoms with E-state index in [9.17, 15) is 9.59 Å². The van der Waals surface area contributed by atoms with E-state index in [2.05, 4.69) is 16.8 Å². The Bertz CT molecular complexity index is 1100. The summed E-state index contributed by atoms with van der Waals surface area (Å²) in [6, 6.07) is 13.4. The van der Waals surface area contributed by atoms with Gasteiger partial charge in [-0.25, -0.2) is 9.78 Å². The van der Waals surface area contributed by atoms with Gasteiger partial charge in [-0.05, 0) is 30.7 Å². The number of nitrogens with zero attached hydrogens (tertiary/aromatic N) is 5. The molecular formula is C22H26ClN5O2. The van der Waals surface area contributed by atoms with Crippen LogP contribution in [0.2, 0.25) is 5.15 Å². The first-order chi connectivity index (χ1) is 14.6. The van der Waals surface area contributed by atoms with Crippen molar-refractivity contribution in [1.82, 2.24) is 19.0 Å². The second-order valence-electron chi connectivity index (χ2n) is 7.51. The van der Waals surface area contributed by atoms with E-state index < -0.39 is 0 Å². The highest BCUT2D eigenvalue weighted by atomic mass is 35.5. The van der Waals surface area contributed by atoms with Crippen LogP contribution in [0.15, 0.2) is 47.3 Å². The van der Waals surface area contributed by atoms with Gasteiger partial charge < -0.3 is 9.80 Å². The molecule has 158 valence electrons. The number of piperazine rings is 1. The topological polar surface area (TPSA) is 63.4 Å². The lowest BCUT2D eigenvalue weighted by Crippen LogP contribution is -2.49. The number of amides is 1. The van der Waals surface area contributed by atoms with Crippen LogP contribution in [-0.2, 0) is 17.9 Å². The molecule has 0 unspecified atom stereocenters. The van der Waals surface area contributed by atoms with Gasteiger partial charge in [-0.2, -0.15) is 0 Å². The van der Waals surface area contributed by atoms with E-state index in [4.69, 9.17) is 11.6 Å². The molecule has 30 heavy (non-hydrogen) atoms. The Kier molecular flexibility index (Phi) is 6.08. The first kappa shape index (κ1) is 20.5. The fourth-order valence-corrected chi connectivity index (χ4v) is 4.21. The molecule has 1 saturated heterocycles. The van der Waals surface area contributed by atoms with Crippen LogP contribution in [0.25, 0.3) is 11.0 Å². The Balaban J connectivity index is 1.40. The minimum atomic E-state index is -0.0392. The largest absolute Gasteiger partial charge is 0.353 e. The van der Waals surface area contributed by atoms with Gasteiger partial charge in [0, 0.05) is 45.7 Å². The average molecular weight is 428 g/mol. The molecule has 8 heteroatoms. The van der Waals surface area contributed by atoms with Crippen molar-refractivity contribution < 1.29 is 4.79 Å². The predicted molar refractivity (Wildman–Crippen MR) is 119 cm³/mol. The second kappa shape index (κ2) is 8.92. The van der Waals surface area contributed by atoms with Crippen LogP contribution in [0.4, 0.5) is 5.82 Å². The number of imidazole rings is 1. The van der Waals surface area contributed by atoms with Crippen molar-refractivity contribution in [3.63, 3.8) is 0 Å². The Hall–Kier alpha value is -2.80. The zero-order valence-electron chi connectivity index (χ0n) is 17.1. The second-order valence-corrected chi connectivity index (χ2v) is 7.90. The first-order valence-corrected chi connectivity index (χ1v) is 10.8. The Morgan fingerprint density at radius 2 is 1.63 bits per heavy atom. The molecule has 0 aliphatic carbocycles. The smallest absolute Gasteiger partial charge is 0.329 e. The van der Waals surface area contributed by atoms with E-state index in [0.717, 1.165) is 36.4 Å². The van der Waals surface area contributed by atoms with E-state index >= 15 is 0 Å². The van der Waals surface area contributed by atoms with E-state index in [-0.39, 0.29) is 11.6 Å². The number of hydrogen-bond donors (Lipinski definition) is 0. The molecular weight excluding hydrogens is 402 g/mol. The van der Waals surface area contributed by atoms with Gasteiger partial charge in [0.15, 0.2) is 0 Å². The number of aromatic nitrogens is 3. The van der Waals surface area contributed by atoms with Crippen molar-refractivity contribution >= 4 is 34.4 Å². The third-order valence-electron chi connectivity index (χ3n) is 5.58. The minimum Gasteiger partial charge on any atom is -0.353 e. The van der Waals surface area contributed by atoms with Crippen LogP contribution in [0.5, 0.6) is 0 Å². The summed E-state index contributed by atoms with van der Waals surface area (Å²) in [4.78, 5) is 34.0. The summed E-state index contributed by atoms with van der Waals surface area (Å²) in [5.74, 6) is 0.915. The summed E-state index contributed by atoms with van der Waals surface area (Å²) >= 11 is 5.99. The van der Waals surface area contributed by atoms with Gasteiger partial charge in [-0.1, -0.05) is 36.7 Å². The lowest BCUT2D eigenvalue weighted by Gasteiger charge is -2.35. The first-order valence-electron chi connectivity index (χ1n) is 10.4. The summed E-state index contributed by atoms with van der Waals surface area (Å²) in [6.07, 6.45) is 1.20. The SMILES string of the molecule is CCCn1c(=O)n(CCC(=O)N2CCN(c3cccc(Cl)n3)CC2)c2ccccc21. The van der Waals surface area contributed by atoms with Gasteiger partial charge in [0.05, 0.1) is 11.0 Å². The lowest BCUT2D eigenvalue weighted by atomic mass is 10.2. The maximum Gasteiger partial charge on any atom is 0.329 e. The van der Waals surface area contributed by atoms with Crippen LogP contribution >= 0.6 is 11.6 Å². The van der Waals surface area contributed by atoms with Crippen molar-refractivity contribution in [1.29, 1.82) is 0 Å². The molecule has 0 saturated carbocycles. The Labute approximate surface area is 180 Å². The summed E-state index contributed by atoms with van der Waals surface area (Å²) in [6.45, 7) is 5.84. The monoisotopic (exact) mass is 427 g/mol. The van der Waals surface area contributed by atoms with Gasteiger partial charge in [0.1, 0.15) is 11.0 Å².